The Bertz CT molecular complexity index is 664. The lowest BCUT2D eigenvalue weighted by molar-refractivity contribution is 0.0853. The van der Waals surface area contributed by atoms with Crippen LogP contribution < -0.4 is 0 Å². The quantitative estimate of drug-likeness (QED) is 0.843. The highest BCUT2D eigenvalue weighted by atomic mass is 32.2. The Morgan fingerprint density at radius 3 is 2.67 bits per heavy atom. The van der Waals surface area contributed by atoms with E-state index in [0.717, 1.165) is 12.6 Å². The van der Waals surface area contributed by atoms with Crippen LogP contribution in [0.3, 0.4) is 0 Å². The molecule has 1 aliphatic heterocycles. The van der Waals surface area contributed by atoms with E-state index >= 15 is 0 Å². The second-order valence-corrected chi connectivity index (χ2v) is 8.73. The van der Waals surface area contributed by atoms with Crippen molar-refractivity contribution < 1.29 is 17.9 Å². The van der Waals surface area contributed by atoms with Gasteiger partial charge in [-0.05, 0) is 37.0 Å². The molecule has 136 valence electrons. The average Bonchev–Trinajstić information content (AvgIpc) is 2.51. The van der Waals surface area contributed by atoms with Gasteiger partial charge in [-0.1, -0.05) is 19.9 Å². The van der Waals surface area contributed by atoms with Crippen LogP contribution in [0, 0.1) is 18.7 Å². The van der Waals surface area contributed by atoms with Crippen molar-refractivity contribution >= 4 is 10.0 Å². The van der Waals surface area contributed by atoms with E-state index in [0.29, 0.717) is 37.5 Å². The van der Waals surface area contributed by atoms with Crippen LogP contribution in [-0.2, 0) is 10.0 Å². The van der Waals surface area contributed by atoms with Gasteiger partial charge >= 0.3 is 0 Å². The molecular formula is C17H27FN2O3S. The summed E-state index contributed by atoms with van der Waals surface area (Å²) >= 11 is 0. The molecule has 0 saturated carbocycles. The smallest absolute Gasteiger partial charge is 0.243 e. The summed E-state index contributed by atoms with van der Waals surface area (Å²) in [5.74, 6) is -0.0793. The first-order chi connectivity index (χ1) is 11.3. The van der Waals surface area contributed by atoms with Gasteiger partial charge in [0, 0.05) is 38.8 Å². The molecule has 1 aromatic rings. The van der Waals surface area contributed by atoms with Crippen molar-refractivity contribution in [2.75, 3.05) is 32.8 Å². The summed E-state index contributed by atoms with van der Waals surface area (Å²) in [4.78, 5) is 2.27. The maximum absolute atomic E-state index is 13.5. The molecule has 1 fully saturated rings. The molecule has 24 heavy (non-hydrogen) atoms. The minimum atomic E-state index is -3.73. The van der Waals surface area contributed by atoms with E-state index in [4.69, 9.17) is 0 Å². The third-order valence-corrected chi connectivity index (χ3v) is 6.40. The zero-order valence-electron chi connectivity index (χ0n) is 14.6. The van der Waals surface area contributed by atoms with Crippen LogP contribution >= 0.6 is 0 Å². The average molecular weight is 358 g/mol. The molecule has 0 radical (unpaired) electrons. The number of hydrogen-bond acceptors (Lipinski definition) is 4. The van der Waals surface area contributed by atoms with E-state index in [1.54, 1.807) is 6.92 Å². The number of aryl methyl sites for hydroxylation is 1. The van der Waals surface area contributed by atoms with E-state index < -0.39 is 15.8 Å². The SMILES string of the molecule is Cc1ccc(F)cc1S(=O)(=O)N1CCN(CC(C)C)C(CCO)C1. The van der Waals surface area contributed by atoms with Crippen LogP contribution in [0.15, 0.2) is 23.1 Å². The Morgan fingerprint density at radius 1 is 1.33 bits per heavy atom. The first-order valence-corrected chi connectivity index (χ1v) is 9.81. The van der Waals surface area contributed by atoms with E-state index in [-0.39, 0.29) is 17.5 Å². The Hall–Kier alpha value is -1.02. The van der Waals surface area contributed by atoms with Gasteiger partial charge in [-0.25, -0.2) is 12.8 Å². The maximum Gasteiger partial charge on any atom is 0.243 e. The molecule has 0 bridgehead atoms. The number of sulfonamides is 1. The number of rotatable bonds is 6. The lowest BCUT2D eigenvalue weighted by Crippen LogP contribution is -2.55. The monoisotopic (exact) mass is 358 g/mol. The van der Waals surface area contributed by atoms with E-state index in [9.17, 15) is 17.9 Å². The van der Waals surface area contributed by atoms with Gasteiger partial charge in [-0.15, -0.1) is 0 Å². The summed E-state index contributed by atoms with van der Waals surface area (Å²) in [6.45, 7) is 8.13. The Balaban J connectivity index is 2.24. The first-order valence-electron chi connectivity index (χ1n) is 8.37. The molecule has 0 aliphatic carbocycles. The van der Waals surface area contributed by atoms with Gasteiger partial charge in [0.1, 0.15) is 5.82 Å². The third kappa shape index (κ3) is 4.33. The van der Waals surface area contributed by atoms with Crippen LogP contribution in [0.5, 0.6) is 0 Å². The molecule has 1 aliphatic rings. The van der Waals surface area contributed by atoms with Crippen molar-refractivity contribution in [2.24, 2.45) is 5.92 Å². The summed E-state index contributed by atoms with van der Waals surface area (Å²) < 4.78 is 40.8. The van der Waals surface area contributed by atoms with Crippen molar-refractivity contribution in [3.8, 4) is 0 Å². The largest absolute Gasteiger partial charge is 0.396 e. The van der Waals surface area contributed by atoms with E-state index in [1.165, 1.54) is 16.4 Å². The zero-order chi connectivity index (χ0) is 17.9. The van der Waals surface area contributed by atoms with Gasteiger partial charge in [-0.3, -0.25) is 4.90 Å². The Kier molecular flexibility index (Phi) is 6.36. The van der Waals surface area contributed by atoms with Crippen molar-refractivity contribution in [3.63, 3.8) is 0 Å². The Labute approximate surface area is 144 Å². The predicted molar refractivity (Wildman–Crippen MR) is 91.8 cm³/mol. The molecule has 1 atom stereocenters. The number of aliphatic hydroxyl groups is 1. The van der Waals surface area contributed by atoms with Crippen LogP contribution in [-0.4, -0.2) is 61.6 Å². The fourth-order valence-electron chi connectivity index (χ4n) is 3.21. The molecule has 7 heteroatoms. The van der Waals surface area contributed by atoms with E-state index in [2.05, 4.69) is 18.7 Å². The first kappa shape index (κ1) is 19.3. The number of piperazine rings is 1. The number of benzene rings is 1. The summed E-state index contributed by atoms with van der Waals surface area (Å²) in [5.41, 5.74) is 0.541. The van der Waals surface area contributed by atoms with E-state index in [1.807, 2.05) is 0 Å². The summed E-state index contributed by atoms with van der Waals surface area (Å²) in [6.07, 6.45) is 0.529. The minimum absolute atomic E-state index is 0.0187. The molecule has 0 spiro atoms. The lowest BCUT2D eigenvalue weighted by atomic mass is 10.1. The number of nitrogens with zero attached hydrogens (tertiary/aromatic N) is 2. The summed E-state index contributed by atoms with van der Waals surface area (Å²) in [6, 6.07) is 3.83. The zero-order valence-corrected chi connectivity index (χ0v) is 15.4. The Morgan fingerprint density at radius 2 is 2.04 bits per heavy atom. The van der Waals surface area contributed by atoms with Gasteiger partial charge in [0.2, 0.25) is 10.0 Å². The number of halogens is 1. The summed E-state index contributed by atoms with van der Waals surface area (Å²) in [7, 11) is -3.73. The van der Waals surface area contributed by atoms with Crippen molar-refractivity contribution in [2.45, 2.75) is 38.1 Å². The predicted octanol–water partition coefficient (Wildman–Crippen LogP) is 1.85. The lowest BCUT2D eigenvalue weighted by Gasteiger charge is -2.41. The molecule has 1 heterocycles. The minimum Gasteiger partial charge on any atom is -0.396 e. The molecule has 1 N–H and O–H groups in total. The van der Waals surface area contributed by atoms with Gasteiger partial charge in [0.15, 0.2) is 0 Å². The van der Waals surface area contributed by atoms with Crippen molar-refractivity contribution in [3.05, 3.63) is 29.6 Å². The van der Waals surface area contributed by atoms with Crippen LogP contribution in [0.4, 0.5) is 4.39 Å². The normalized spacial score (nSPS) is 20.7. The van der Waals surface area contributed by atoms with Crippen LogP contribution in [0.25, 0.3) is 0 Å². The fraction of sp³-hybridized carbons (Fsp3) is 0.647. The van der Waals surface area contributed by atoms with Crippen LogP contribution in [0.2, 0.25) is 0 Å². The summed E-state index contributed by atoms with van der Waals surface area (Å²) in [5, 5.41) is 9.31. The highest BCUT2D eigenvalue weighted by molar-refractivity contribution is 7.89. The van der Waals surface area contributed by atoms with Gasteiger partial charge < -0.3 is 5.11 Å². The molecule has 0 aromatic heterocycles. The standard InChI is InChI=1S/C17H27FN2O3S/c1-13(2)11-19-7-8-20(12-16(19)6-9-21)24(22,23)17-10-15(18)5-4-14(17)3/h4-5,10,13,16,21H,6-9,11-12H2,1-3H3. The molecule has 1 saturated heterocycles. The van der Waals surface area contributed by atoms with Gasteiger partial charge in [0.05, 0.1) is 4.90 Å². The second-order valence-electron chi connectivity index (χ2n) is 6.83. The molecule has 0 amide bonds. The topological polar surface area (TPSA) is 60.9 Å². The van der Waals surface area contributed by atoms with Crippen LogP contribution in [0.1, 0.15) is 25.8 Å². The number of aliphatic hydroxyl groups excluding tert-OH is 1. The van der Waals surface area contributed by atoms with Crippen molar-refractivity contribution in [1.82, 2.24) is 9.21 Å². The molecule has 1 unspecified atom stereocenters. The van der Waals surface area contributed by atoms with Crippen molar-refractivity contribution in [1.29, 1.82) is 0 Å². The van der Waals surface area contributed by atoms with Gasteiger partial charge in [0.25, 0.3) is 0 Å². The molecule has 2 rings (SSSR count). The second kappa shape index (κ2) is 7.91. The third-order valence-electron chi connectivity index (χ3n) is 4.40. The highest BCUT2D eigenvalue weighted by Gasteiger charge is 2.34. The molecule has 1 aromatic carbocycles. The maximum atomic E-state index is 13.5. The highest BCUT2D eigenvalue weighted by Crippen LogP contribution is 2.25. The molecule has 5 nitrogen and oxygen atoms in total. The van der Waals surface area contributed by atoms with Gasteiger partial charge in [-0.2, -0.15) is 4.31 Å². The fourth-order valence-corrected chi connectivity index (χ4v) is 4.91. The molecular weight excluding hydrogens is 331 g/mol. The number of hydrogen-bond donors (Lipinski definition) is 1.